The van der Waals surface area contributed by atoms with Crippen LogP contribution < -0.4 is 0 Å². The fraction of sp³-hybridized carbons (Fsp3) is 0.900. The van der Waals surface area contributed by atoms with Gasteiger partial charge in [-0.2, -0.15) is 0 Å². The number of carboxylic acid groups (broad SMARTS) is 1. The van der Waals surface area contributed by atoms with Crippen LogP contribution in [0.3, 0.4) is 0 Å². The molecule has 3 nitrogen and oxygen atoms in total. The third-order valence-electron chi connectivity index (χ3n) is 13.5. The van der Waals surface area contributed by atoms with E-state index < -0.39 is 11.4 Å². The largest absolute Gasteiger partial charge is 0.481 e. The van der Waals surface area contributed by atoms with Gasteiger partial charge in [-0.25, -0.2) is 0 Å². The van der Waals surface area contributed by atoms with Crippen LogP contribution in [0.4, 0.5) is 0 Å². The van der Waals surface area contributed by atoms with Gasteiger partial charge in [-0.15, -0.1) is 0 Å². The molecule has 4 fully saturated rings. The quantitative estimate of drug-likeness (QED) is 0.361. The summed E-state index contributed by atoms with van der Waals surface area (Å²) in [6.45, 7) is 17.3. The lowest BCUT2D eigenvalue weighted by Crippen LogP contribution is -2.65. The van der Waals surface area contributed by atoms with E-state index in [0.717, 1.165) is 38.5 Å². The summed E-state index contributed by atoms with van der Waals surface area (Å²) < 4.78 is 5.83. The van der Waals surface area contributed by atoms with Gasteiger partial charge in [0.25, 0.3) is 0 Å². The number of fused-ring (bicyclic) bond motifs is 7. The summed E-state index contributed by atoms with van der Waals surface area (Å²) in [6.07, 6.45) is 12.6. The van der Waals surface area contributed by atoms with E-state index >= 15 is 0 Å². The molecule has 0 aromatic heterocycles. The molecule has 0 spiro atoms. The van der Waals surface area contributed by atoms with Crippen molar-refractivity contribution in [3.63, 3.8) is 0 Å². The Hall–Kier alpha value is -0.350. The fourth-order valence-electron chi connectivity index (χ4n) is 11.0. The monoisotopic (exact) mass is 534 g/mol. The number of carbonyl (C=O) groups is 1. The lowest BCUT2D eigenvalue weighted by Gasteiger charge is -2.71. The van der Waals surface area contributed by atoms with E-state index in [1.807, 2.05) is 0 Å². The van der Waals surface area contributed by atoms with E-state index in [-0.39, 0.29) is 28.3 Å². The average Bonchev–Trinajstić information content (AvgIpc) is 2.76. The van der Waals surface area contributed by atoms with Crippen LogP contribution in [0, 0.1) is 56.7 Å². The molecular formula is C30H47BrO3. The summed E-state index contributed by atoms with van der Waals surface area (Å²) in [5, 5.41) is 10.6. The van der Waals surface area contributed by atoms with Crippen LogP contribution in [-0.4, -0.2) is 17.2 Å². The molecule has 1 N–H and O–H groups in total. The van der Waals surface area contributed by atoms with Gasteiger partial charge in [0.1, 0.15) is 0 Å². The number of carboxylic acids is 1. The minimum absolute atomic E-state index is 0.103. The first-order chi connectivity index (χ1) is 15.8. The molecule has 5 aliphatic rings. The Morgan fingerprint density at radius 1 is 0.971 bits per heavy atom. The topological polar surface area (TPSA) is 46.5 Å². The van der Waals surface area contributed by atoms with Crippen LogP contribution in [-0.2, 0) is 8.62 Å². The van der Waals surface area contributed by atoms with Crippen molar-refractivity contribution in [2.24, 2.45) is 56.7 Å². The van der Waals surface area contributed by atoms with Gasteiger partial charge < -0.3 is 8.93 Å². The van der Waals surface area contributed by atoms with Gasteiger partial charge >= 0.3 is 5.97 Å². The van der Waals surface area contributed by atoms with Crippen molar-refractivity contribution >= 4 is 22.2 Å². The van der Waals surface area contributed by atoms with Crippen molar-refractivity contribution in [3.8, 4) is 0 Å². The minimum Gasteiger partial charge on any atom is -0.481 e. The van der Waals surface area contributed by atoms with Crippen LogP contribution in [0.1, 0.15) is 106 Å². The highest BCUT2D eigenvalue weighted by atomic mass is 79.9. The predicted octanol–water partition coefficient (Wildman–Crippen LogP) is 8.42. The molecule has 8 unspecified atom stereocenters. The van der Waals surface area contributed by atoms with Gasteiger partial charge in [0.2, 0.25) is 0 Å². The van der Waals surface area contributed by atoms with Crippen molar-refractivity contribution < 1.29 is 13.7 Å². The van der Waals surface area contributed by atoms with Crippen LogP contribution in [0.2, 0.25) is 0 Å². The van der Waals surface area contributed by atoms with E-state index in [2.05, 4.69) is 70.8 Å². The fourth-order valence-corrected chi connectivity index (χ4v) is 11.7. The van der Waals surface area contributed by atoms with Gasteiger partial charge in [-0.1, -0.05) is 60.1 Å². The van der Waals surface area contributed by atoms with E-state index in [4.69, 9.17) is 3.83 Å². The first kappa shape index (κ1) is 25.3. The normalized spacial score (nSPS) is 54.1. The Bertz CT molecular complexity index is 895. The maximum Gasteiger partial charge on any atom is 0.310 e. The standard InChI is InChI=1S/C30H47BrO3/c1-18-10-15-30(25(32)33)17-16-28(6)20(24(30)19(18)2)8-9-22-27(5)13-12-23(34-31)26(3,4)21(27)11-14-29(22,28)7/h8,18-19,21-24H,9-17H2,1-7H3,(H,32,33)/t18-,19?,21?,22?,23?,24?,27?,28-,29?,30?/m1/s1. The highest BCUT2D eigenvalue weighted by Crippen LogP contribution is 2.75. The number of hydrogen-bond donors (Lipinski definition) is 1. The Kier molecular flexibility index (Phi) is 5.82. The molecule has 0 saturated heterocycles. The molecule has 0 amide bonds. The molecule has 5 aliphatic carbocycles. The summed E-state index contributed by atoms with van der Waals surface area (Å²) in [6, 6.07) is 0. The van der Waals surface area contributed by atoms with Gasteiger partial charge in [0.05, 0.1) is 27.8 Å². The summed E-state index contributed by atoms with van der Waals surface area (Å²) >= 11 is 3.36. The second-order valence-electron chi connectivity index (χ2n) is 14.5. The van der Waals surface area contributed by atoms with Gasteiger partial charge in [0, 0.05) is 0 Å². The lowest BCUT2D eigenvalue weighted by atomic mass is 9.33. The van der Waals surface area contributed by atoms with Gasteiger partial charge in [-0.05, 0) is 109 Å². The SMILES string of the molecule is CC1C2C3=CCC4C5(C)CCC(OBr)C(C)(C)C5CCC4(C)[C@]3(C)CCC2(C(=O)O)CC[C@H]1C. The molecule has 0 aliphatic heterocycles. The molecular weight excluding hydrogens is 488 g/mol. The Morgan fingerprint density at radius 2 is 1.68 bits per heavy atom. The molecule has 0 heterocycles. The second kappa shape index (κ2) is 7.83. The summed E-state index contributed by atoms with van der Waals surface area (Å²) in [5.41, 5.74) is 1.78. The zero-order chi connectivity index (χ0) is 24.9. The number of allylic oxidation sites excluding steroid dienone is 2. The average molecular weight is 536 g/mol. The van der Waals surface area contributed by atoms with Crippen LogP contribution in [0.5, 0.6) is 0 Å². The lowest BCUT2D eigenvalue weighted by molar-refractivity contribution is -0.201. The molecule has 4 saturated carbocycles. The minimum atomic E-state index is -0.547. The van der Waals surface area contributed by atoms with E-state index in [1.54, 1.807) is 0 Å². The Morgan fingerprint density at radius 3 is 2.32 bits per heavy atom. The van der Waals surface area contributed by atoms with Crippen molar-refractivity contribution in [1.29, 1.82) is 0 Å². The molecule has 0 aromatic carbocycles. The van der Waals surface area contributed by atoms with Crippen molar-refractivity contribution in [2.45, 2.75) is 112 Å². The van der Waals surface area contributed by atoms with Crippen molar-refractivity contribution in [2.75, 3.05) is 0 Å². The van der Waals surface area contributed by atoms with Crippen LogP contribution in [0.25, 0.3) is 0 Å². The molecule has 10 atom stereocenters. The first-order valence-corrected chi connectivity index (χ1v) is 14.7. The van der Waals surface area contributed by atoms with E-state index in [1.165, 1.54) is 24.8 Å². The summed E-state index contributed by atoms with van der Waals surface area (Å²) in [4.78, 5) is 12.8. The smallest absolute Gasteiger partial charge is 0.310 e. The molecule has 34 heavy (non-hydrogen) atoms. The molecule has 4 heteroatoms. The second-order valence-corrected chi connectivity index (χ2v) is 14.9. The molecule has 192 valence electrons. The number of rotatable bonds is 2. The molecule has 0 bridgehead atoms. The first-order valence-electron chi connectivity index (χ1n) is 14.0. The number of halogens is 1. The number of hydrogen-bond acceptors (Lipinski definition) is 2. The van der Waals surface area contributed by atoms with Gasteiger partial charge in [0.15, 0.2) is 0 Å². The third kappa shape index (κ3) is 2.93. The maximum atomic E-state index is 12.8. The zero-order valence-corrected chi connectivity index (χ0v) is 24.1. The summed E-state index contributed by atoms with van der Waals surface area (Å²) in [5.74, 6) is 2.01. The molecule has 5 rings (SSSR count). The van der Waals surface area contributed by atoms with Gasteiger partial charge in [-0.3, -0.25) is 4.79 Å². The Balaban J connectivity index is 1.60. The third-order valence-corrected chi connectivity index (χ3v) is 13.9. The number of aliphatic carboxylic acids is 1. The van der Waals surface area contributed by atoms with Crippen LogP contribution in [0.15, 0.2) is 11.6 Å². The van der Waals surface area contributed by atoms with E-state index in [0.29, 0.717) is 29.1 Å². The molecule has 0 aromatic rings. The zero-order valence-electron chi connectivity index (χ0n) is 22.5. The van der Waals surface area contributed by atoms with Crippen molar-refractivity contribution in [3.05, 3.63) is 11.6 Å². The van der Waals surface area contributed by atoms with Crippen LogP contribution >= 0.6 is 16.3 Å². The van der Waals surface area contributed by atoms with Crippen molar-refractivity contribution in [1.82, 2.24) is 0 Å². The highest BCUT2D eigenvalue weighted by molar-refractivity contribution is 9.06. The Labute approximate surface area is 216 Å². The van der Waals surface area contributed by atoms with E-state index in [9.17, 15) is 9.90 Å². The predicted molar refractivity (Wildman–Crippen MR) is 140 cm³/mol. The molecule has 0 radical (unpaired) electrons. The maximum absolute atomic E-state index is 12.8. The highest BCUT2D eigenvalue weighted by Gasteiger charge is 2.69. The summed E-state index contributed by atoms with van der Waals surface area (Å²) in [7, 11) is 0.